The van der Waals surface area contributed by atoms with Crippen molar-refractivity contribution in [2.24, 2.45) is 0 Å². The molecule has 2 N–H and O–H groups in total. The minimum atomic E-state index is -4.13. The van der Waals surface area contributed by atoms with Crippen LogP contribution in [0.5, 0.6) is 0 Å². The molecule has 0 spiro atoms. The van der Waals surface area contributed by atoms with E-state index in [1.807, 2.05) is 0 Å². The van der Waals surface area contributed by atoms with Gasteiger partial charge in [0.05, 0.1) is 6.17 Å². The molecule has 0 amide bonds. The maximum absolute atomic E-state index is 12.8. The van der Waals surface area contributed by atoms with Gasteiger partial charge in [-0.25, -0.2) is 0 Å². The van der Waals surface area contributed by atoms with Crippen LogP contribution in [-0.4, -0.2) is 49.5 Å². The van der Waals surface area contributed by atoms with E-state index in [0.717, 1.165) is 25.8 Å². The number of halogens is 3. The van der Waals surface area contributed by atoms with Crippen molar-refractivity contribution in [1.29, 1.82) is 0 Å². The lowest BCUT2D eigenvalue weighted by Crippen LogP contribution is -2.64. The van der Waals surface area contributed by atoms with Gasteiger partial charge < -0.3 is 10.6 Å². The molecule has 0 bridgehead atoms. The van der Waals surface area contributed by atoms with Gasteiger partial charge in [0.25, 0.3) is 0 Å². The van der Waals surface area contributed by atoms with Crippen molar-refractivity contribution in [2.75, 3.05) is 26.2 Å². The Kier molecular flexibility index (Phi) is 3.71. The molecule has 6 heteroatoms. The van der Waals surface area contributed by atoms with Crippen molar-refractivity contribution in [3.05, 3.63) is 0 Å². The average molecular weight is 237 g/mol. The van der Waals surface area contributed by atoms with Crippen LogP contribution in [0, 0.1) is 0 Å². The summed E-state index contributed by atoms with van der Waals surface area (Å²) in [6.45, 7) is 1.97. The van der Waals surface area contributed by atoms with Gasteiger partial charge in [0.2, 0.25) is 0 Å². The summed E-state index contributed by atoms with van der Waals surface area (Å²) < 4.78 is 38.5. The molecule has 0 saturated carbocycles. The Hall–Kier alpha value is -0.330. The fourth-order valence-corrected chi connectivity index (χ4v) is 2.51. The quantitative estimate of drug-likeness (QED) is 0.710. The number of nitrogens with one attached hydrogen (secondary N) is 2. The summed E-state index contributed by atoms with van der Waals surface area (Å²) in [6, 6.07) is -1.34. The Morgan fingerprint density at radius 2 is 1.94 bits per heavy atom. The van der Waals surface area contributed by atoms with Gasteiger partial charge in [-0.3, -0.25) is 4.90 Å². The first-order valence-electron chi connectivity index (χ1n) is 5.85. The van der Waals surface area contributed by atoms with Gasteiger partial charge in [-0.2, -0.15) is 13.2 Å². The third-order valence-corrected chi connectivity index (χ3v) is 3.35. The second kappa shape index (κ2) is 4.89. The fourth-order valence-electron chi connectivity index (χ4n) is 2.51. The molecular formula is C10H18F3N3. The van der Waals surface area contributed by atoms with Crippen LogP contribution >= 0.6 is 0 Å². The molecule has 2 saturated heterocycles. The molecule has 3 nitrogen and oxygen atoms in total. The predicted octanol–water partition coefficient (Wildman–Crippen LogP) is 0.922. The summed E-state index contributed by atoms with van der Waals surface area (Å²) in [7, 11) is 0. The third-order valence-electron chi connectivity index (χ3n) is 3.35. The maximum Gasteiger partial charge on any atom is 0.405 e. The zero-order chi connectivity index (χ0) is 11.6. The molecule has 0 aliphatic carbocycles. The maximum atomic E-state index is 12.8. The molecule has 2 aliphatic heterocycles. The van der Waals surface area contributed by atoms with Gasteiger partial charge in [0.15, 0.2) is 0 Å². The first-order chi connectivity index (χ1) is 7.59. The highest BCUT2D eigenvalue weighted by atomic mass is 19.4. The van der Waals surface area contributed by atoms with Gasteiger partial charge in [-0.05, 0) is 25.8 Å². The summed E-state index contributed by atoms with van der Waals surface area (Å²) in [6.07, 6.45) is -1.31. The number of alkyl halides is 3. The number of piperidine rings is 1. The lowest BCUT2D eigenvalue weighted by atomic mass is 10.1. The molecule has 2 aliphatic rings. The summed E-state index contributed by atoms with van der Waals surface area (Å²) in [4.78, 5) is 1.58. The molecule has 2 rings (SSSR count). The molecule has 0 aromatic heterocycles. The largest absolute Gasteiger partial charge is 0.405 e. The lowest BCUT2D eigenvalue weighted by Gasteiger charge is -2.43. The van der Waals surface area contributed by atoms with Gasteiger partial charge in [-0.1, -0.05) is 0 Å². The smallest absolute Gasteiger partial charge is 0.314 e. The van der Waals surface area contributed by atoms with Crippen molar-refractivity contribution in [1.82, 2.24) is 15.5 Å². The molecule has 0 aromatic rings. The molecule has 16 heavy (non-hydrogen) atoms. The summed E-state index contributed by atoms with van der Waals surface area (Å²) in [5, 5.41) is 6.01. The van der Waals surface area contributed by atoms with Gasteiger partial charge in [-0.15, -0.1) is 0 Å². The van der Waals surface area contributed by atoms with E-state index in [4.69, 9.17) is 0 Å². The highest BCUT2D eigenvalue weighted by Gasteiger charge is 2.46. The number of hydrogen-bond donors (Lipinski definition) is 2. The van der Waals surface area contributed by atoms with E-state index in [-0.39, 0.29) is 12.7 Å². The first-order valence-corrected chi connectivity index (χ1v) is 5.85. The van der Waals surface area contributed by atoms with E-state index in [1.165, 1.54) is 0 Å². The lowest BCUT2D eigenvalue weighted by molar-refractivity contribution is -0.196. The van der Waals surface area contributed by atoms with E-state index in [2.05, 4.69) is 10.6 Å². The Morgan fingerprint density at radius 3 is 2.56 bits per heavy atom. The Labute approximate surface area is 93.4 Å². The second-order valence-electron chi connectivity index (χ2n) is 4.47. The Balaban J connectivity index is 2.03. The van der Waals surface area contributed by atoms with Crippen LogP contribution in [0.2, 0.25) is 0 Å². The van der Waals surface area contributed by atoms with Crippen LogP contribution in [-0.2, 0) is 0 Å². The molecule has 2 unspecified atom stereocenters. The van der Waals surface area contributed by atoms with Crippen molar-refractivity contribution >= 4 is 0 Å². The normalized spacial score (nSPS) is 33.9. The van der Waals surface area contributed by atoms with E-state index in [9.17, 15) is 13.2 Å². The highest BCUT2D eigenvalue weighted by molar-refractivity contribution is 4.89. The third kappa shape index (κ3) is 2.67. The second-order valence-corrected chi connectivity index (χ2v) is 4.47. The first kappa shape index (κ1) is 12.1. The van der Waals surface area contributed by atoms with Crippen LogP contribution in [0.4, 0.5) is 13.2 Å². The molecule has 2 fully saturated rings. The molecule has 94 valence electrons. The van der Waals surface area contributed by atoms with Crippen molar-refractivity contribution in [3.8, 4) is 0 Å². The monoisotopic (exact) mass is 237 g/mol. The average Bonchev–Trinajstić information content (AvgIpc) is 2.29. The van der Waals surface area contributed by atoms with E-state index in [0.29, 0.717) is 13.1 Å². The number of rotatable bonds is 1. The van der Waals surface area contributed by atoms with Crippen molar-refractivity contribution in [3.63, 3.8) is 0 Å². The van der Waals surface area contributed by atoms with Crippen LogP contribution in [0.3, 0.4) is 0 Å². The topological polar surface area (TPSA) is 27.3 Å². The molecular weight excluding hydrogens is 219 g/mol. The summed E-state index contributed by atoms with van der Waals surface area (Å²) in [5.41, 5.74) is 0. The minimum absolute atomic E-state index is 0.0156. The van der Waals surface area contributed by atoms with Crippen LogP contribution in [0.1, 0.15) is 19.3 Å². The summed E-state index contributed by atoms with van der Waals surface area (Å²) in [5.74, 6) is 0. The zero-order valence-electron chi connectivity index (χ0n) is 9.19. The highest BCUT2D eigenvalue weighted by Crippen LogP contribution is 2.28. The number of hydrogen-bond acceptors (Lipinski definition) is 3. The van der Waals surface area contributed by atoms with E-state index >= 15 is 0 Å². The Morgan fingerprint density at radius 1 is 1.12 bits per heavy atom. The predicted molar refractivity (Wildman–Crippen MR) is 55.1 cm³/mol. The number of piperazine rings is 1. The molecule has 2 heterocycles. The number of nitrogens with zero attached hydrogens (tertiary/aromatic N) is 1. The van der Waals surface area contributed by atoms with Crippen LogP contribution < -0.4 is 10.6 Å². The molecule has 0 aromatic carbocycles. The zero-order valence-corrected chi connectivity index (χ0v) is 9.19. The standard InChI is InChI=1S/C10H18F3N3/c11-10(12,13)8-7-14-5-6-16(8)9-3-1-2-4-15-9/h8-9,14-15H,1-7H2. The molecule has 0 radical (unpaired) electrons. The minimum Gasteiger partial charge on any atom is -0.314 e. The molecule has 2 atom stereocenters. The van der Waals surface area contributed by atoms with Gasteiger partial charge >= 0.3 is 6.18 Å². The van der Waals surface area contributed by atoms with Gasteiger partial charge in [0, 0.05) is 19.6 Å². The SMILES string of the molecule is FC(F)(F)C1CNCCN1C1CCCCN1. The fraction of sp³-hybridized carbons (Fsp3) is 1.00. The van der Waals surface area contributed by atoms with E-state index in [1.54, 1.807) is 4.90 Å². The summed E-state index contributed by atoms with van der Waals surface area (Å²) >= 11 is 0. The van der Waals surface area contributed by atoms with Crippen molar-refractivity contribution < 1.29 is 13.2 Å². The van der Waals surface area contributed by atoms with Gasteiger partial charge in [0.1, 0.15) is 6.04 Å². The van der Waals surface area contributed by atoms with Crippen LogP contribution in [0.15, 0.2) is 0 Å². The van der Waals surface area contributed by atoms with E-state index < -0.39 is 12.2 Å². The van der Waals surface area contributed by atoms with Crippen molar-refractivity contribution in [2.45, 2.75) is 37.6 Å². The Bertz CT molecular complexity index is 226. The van der Waals surface area contributed by atoms with Crippen LogP contribution in [0.25, 0.3) is 0 Å².